The Hall–Kier alpha value is -2.38. The SMILES string of the molecule is CC(C)(C)OC(=O)N1C(c2ccccc2)C(c2ccccc2)OS1(=O)=O. The van der Waals surface area contributed by atoms with Gasteiger partial charge in [0.1, 0.15) is 17.7 Å². The first-order chi connectivity index (χ1) is 12.2. The van der Waals surface area contributed by atoms with Gasteiger partial charge in [-0.3, -0.25) is 0 Å². The normalized spacial score (nSPS) is 22.2. The van der Waals surface area contributed by atoms with Gasteiger partial charge in [-0.1, -0.05) is 60.7 Å². The standard InChI is InChI=1S/C19H21NO5S/c1-19(2,3)24-18(21)20-16(14-10-6-4-7-11-14)17(25-26(20,22)23)15-12-8-5-9-13-15/h4-13,16-17H,1-3H3. The van der Waals surface area contributed by atoms with Crippen LogP contribution in [-0.4, -0.2) is 24.4 Å². The molecule has 0 bridgehead atoms. The fourth-order valence-corrected chi connectivity index (χ4v) is 4.15. The molecule has 6 nitrogen and oxygen atoms in total. The minimum absolute atomic E-state index is 0.647. The largest absolute Gasteiger partial charge is 0.443 e. The molecule has 1 amide bonds. The summed E-state index contributed by atoms with van der Waals surface area (Å²) in [7, 11) is -4.29. The quantitative estimate of drug-likeness (QED) is 0.794. The van der Waals surface area contributed by atoms with Crippen molar-refractivity contribution in [1.29, 1.82) is 0 Å². The molecule has 0 saturated carbocycles. The minimum Gasteiger partial charge on any atom is -0.443 e. The molecule has 0 N–H and O–H groups in total. The Balaban J connectivity index is 2.10. The number of carbonyl (C=O) groups excluding carboxylic acids is 1. The molecule has 0 aromatic heterocycles. The highest BCUT2D eigenvalue weighted by Crippen LogP contribution is 2.46. The Bertz CT molecular complexity index is 875. The van der Waals surface area contributed by atoms with Gasteiger partial charge in [0.15, 0.2) is 0 Å². The van der Waals surface area contributed by atoms with Gasteiger partial charge in [0.2, 0.25) is 0 Å². The molecule has 2 atom stereocenters. The van der Waals surface area contributed by atoms with Crippen molar-refractivity contribution >= 4 is 16.4 Å². The molecule has 0 aliphatic carbocycles. The van der Waals surface area contributed by atoms with Crippen LogP contribution in [0.15, 0.2) is 60.7 Å². The zero-order valence-corrected chi connectivity index (χ0v) is 15.6. The van der Waals surface area contributed by atoms with Gasteiger partial charge < -0.3 is 4.74 Å². The van der Waals surface area contributed by atoms with Gasteiger partial charge in [-0.05, 0) is 31.9 Å². The second kappa shape index (κ2) is 6.74. The van der Waals surface area contributed by atoms with Crippen molar-refractivity contribution in [2.75, 3.05) is 0 Å². The summed E-state index contributed by atoms with van der Waals surface area (Å²) in [5, 5.41) is 0. The van der Waals surface area contributed by atoms with Crippen molar-refractivity contribution in [3.05, 3.63) is 71.8 Å². The Morgan fingerprint density at radius 3 is 1.96 bits per heavy atom. The summed E-state index contributed by atoms with van der Waals surface area (Å²) in [6.07, 6.45) is -1.80. The zero-order valence-electron chi connectivity index (χ0n) is 14.8. The van der Waals surface area contributed by atoms with E-state index >= 15 is 0 Å². The monoisotopic (exact) mass is 375 g/mol. The first-order valence-electron chi connectivity index (χ1n) is 8.24. The number of hydrogen-bond acceptors (Lipinski definition) is 5. The lowest BCUT2D eigenvalue weighted by molar-refractivity contribution is 0.0333. The van der Waals surface area contributed by atoms with Gasteiger partial charge in [-0.25, -0.2) is 8.98 Å². The molecule has 1 saturated heterocycles. The summed E-state index contributed by atoms with van der Waals surface area (Å²) in [4.78, 5) is 12.7. The fourth-order valence-electron chi connectivity index (χ4n) is 2.84. The molecule has 0 radical (unpaired) electrons. The second-order valence-electron chi connectivity index (χ2n) is 7.02. The summed E-state index contributed by atoms with van der Waals surface area (Å²) < 4.78 is 36.7. The third-order valence-electron chi connectivity index (χ3n) is 3.85. The Morgan fingerprint density at radius 1 is 0.962 bits per heavy atom. The first kappa shape index (κ1) is 18.4. The second-order valence-corrected chi connectivity index (χ2v) is 8.46. The highest BCUT2D eigenvalue weighted by Gasteiger charge is 2.52. The molecule has 1 fully saturated rings. The molecule has 1 heterocycles. The third kappa shape index (κ3) is 3.73. The summed E-state index contributed by atoms with van der Waals surface area (Å²) in [6.45, 7) is 5.04. The van der Waals surface area contributed by atoms with Crippen LogP contribution in [0.2, 0.25) is 0 Å². The Labute approximate surface area is 153 Å². The summed E-state index contributed by atoms with van der Waals surface area (Å²) in [6, 6.07) is 17.0. The molecule has 7 heteroatoms. The van der Waals surface area contributed by atoms with E-state index in [2.05, 4.69) is 0 Å². The lowest BCUT2D eigenvalue weighted by atomic mass is 9.96. The van der Waals surface area contributed by atoms with E-state index in [9.17, 15) is 13.2 Å². The minimum atomic E-state index is -4.29. The topological polar surface area (TPSA) is 72.9 Å². The van der Waals surface area contributed by atoms with Crippen molar-refractivity contribution in [3.63, 3.8) is 0 Å². The maximum absolute atomic E-state index is 12.7. The van der Waals surface area contributed by atoms with E-state index in [1.165, 1.54) is 0 Å². The molecule has 3 rings (SSSR count). The third-order valence-corrected chi connectivity index (χ3v) is 5.16. The summed E-state index contributed by atoms with van der Waals surface area (Å²) >= 11 is 0. The molecular weight excluding hydrogens is 354 g/mol. The van der Waals surface area contributed by atoms with E-state index in [0.29, 0.717) is 15.4 Å². The molecule has 2 unspecified atom stereocenters. The van der Waals surface area contributed by atoms with Crippen molar-refractivity contribution in [2.45, 2.75) is 38.5 Å². The van der Waals surface area contributed by atoms with Crippen LogP contribution in [0.5, 0.6) is 0 Å². The van der Waals surface area contributed by atoms with Crippen LogP contribution < -0.4 is 0 Å². The van der Waals surface area contributed by atoms with E-state index in [-0.39, 0.29) is 0 Å². The van der Waals surface area contributed by atoms with Gasteiger partial charge in [0.25, 0.3) is 0 Å². The maximum Gasteiger partial charge on any atom is 0.426 e. The van der Waals surface area contributed by atoms with E-state index in [1.54, 1.807) is 69.3 Å². The van der Waals surface area contributed by atoms with Crippen LogP contribution >= 0.6 is 0 Å². The van der Waals surface area contributed by atoms with Gasteiger partial charge in [0.05, 0.1) is 0 Å². The lowest BCUT2D eigenvalue weighted by Gasteiger charge is -2.27. The highest BCUT2D eigenvalue weighted by molar-refractivity contribution is 7.85. The van der Waals surface area contributed by atoms with Gasteiger partial charge in [-0.2, -0.15) is 12.7 Å². The van der Waals surface area contributed by atoms with Crippen molar-refractivity contribution in [1.82, 2.24) is 4.31 Å². The fraction of sp³-hybridized carbons (Fsp3) is 0.316. The van der Waals surface area contributed by atoms with Crippen molar-refractivity contribution in [2.24, 2.45) is 0 Å². The lowest BCUT2D eigenvalue weighted by Crippen LogP contribution is -2.39. The Kier molecular flexibility index (Phi) is 4.77. The highest BCUT2D eigenvalue weighted by atomic mass is 32.2. The molecule has 2 aromatic rings. The van der Waals surface area contributed by atoms with Crippen molar-refractivity contribution in [3.8, 4) is 0 Å². The van der Waals surface area contributed by atoms with Gasteiger partial charge in [0, 0.05) is 0 Å². The summed E-state index contributed by atoms with van der Waals surface area (Å²) in [5.74, 6) is 0. The number of hydrogen-bond donors (Lipinski definition) is 0. The first-order valence-corrected chi connectivity index (χ1v) is 9.61. The van der Waals surface area contributed by atoms with E-state index in [4.69, 9.17) is 8.92 Å². The van der Waals surface area contributed by atoms with Crippen LogP contribution in [0.3, 0.4) is 0 Å². The number of rotatable bonds is 2. The smallest absolute Gasteiger partial charge is 0.426 e. The van der Waals surface area contributed by atoms with E-state index in [0.717, 1.165) is 0 Å². The number of ether oxygens (including phenoxy) is 1. The average molecular weight is 375 g/mol. The number of amides is 1. The van der Waals surface area contributed by atoms with E-state index in [1.807, 2.05) is 12.1 Å². The van der Waals surface area contributed by atoms with Crippen LogP contribution in [0.25, 0.3) is 0 Å². The van der Waals surface area contributed by atoms with E-state index < -0.39 is 34.1 Å². The number of nitrogens with zero attached hydrogens (tertiary/aromatic N) is 1. The molecule has 2 aromatic carbocycles. The average Bonchev–Trinajstić information content (AvgIpc) is 2.86. The Morgan fingerprint density at radius 2 is 1.46 bits per heavy atom. The molecule has 26 heavy (non-hydrogen) atoms. The van der Waals surface area contributed by atoms with Gasteiger partial charge >= 0.3 is 16.4 Å². The predicted octanol–water partition coefficient (Wildman–Crippen LogP) is 3.98. The van der Waals surface area contributed by atoms with Gasteiger partial charge in [-0.15, -0.1) is 0 Å². The zero-order chi connectivity index (χ0) is 18.9. The van der Waals surface area contributed by atoms with Crippen LogP contribution in [0.1, 0.15) is 44.0 Å². The van der Waals surface area contributed by atoms with Crippen LogP contribution in [-0.2, 0) is 19.2 Å². The molecule has 1 aliphatic rings. The summed E-state index contributed by atoms with van der Waals surface area (Å²) in [5.41, 5.74) is 0.475. The number of carbonyl (C=O) groups is 1. The van der Waals surface area contributed by atoms with Crippen LogP contribution in [0, 0.1) is 0 Å². The van der Waals surface area contributed by atoms with Crippen molar-refractivity contribution < 1.29 is 22.1 Å². The molecule has 1 aliphatic heterocycles. The molecular formula is C19H21NO5S. The predicted molar refractivity (Wildman–Crippen MR) is 96.4 cm³/mol. The molecule has 0 spiro atoms. The number of benzene rings is 2. The maximum atomic E-state index is 12.7. The van der Waals surface area contributed by atoms with Crippen LogP contribution in [0.4, 0.5) is 4.79 Å². The molecule has 138 valence electrons.